The topological polar surface area (TPSA) is 70.8 Å². The number of halogens is 1. The van der Waals surface area contributed by atoms with Crippen LogP contribution in [-0.4, -0.2) is 65.5 Å². The molecular formula is C19H30IN7O. The molecule has 0 spiro atoms. The summed E-state index contributed by atoms with van der Waals surface area (Å²) in [4.78, 5) is 9.48. The Labute approximate surface area is 184 Å². The maximum atomic E-state index is 5.34. The molecule has 0 bridgehead atoms. The van der Waals surface area contributed by atoms with E-state index in [4.69, 9.17) is 9.73 Å². The average molecular weight is 499 g/mol. The minimum atomic E-state index is 0. The zero-order valence-corrected chi connectivity index (χ0v) is 19.2. The smallest absolute Gasteiger partial charge is 0.194 e. The molecule has 1 saturated heterocycles. The van der Waals surface area contributed by atoms with Gasteiger partial charge in [0.2, 0.25) is 0 Å². The van der Waals surface area contributed by atoms with Crippen LogP contribution in [0.3, 0.4) is 0 Å². The minimum Gasteiger partial charge on any atom is -0.497 e. The first-order chi connectivity index (χ1) is 13.2. The highest BCUT2D eigenvalue weighted by Crippen LogP contribution is 2.22. The van der Waals surface area contributed by atoms with Gasteiger partial charge in [0, 0.05) is 51.0 Å². The minimum absolute atomic E-state index is 0. The summed E-state index contributed by atoms with van der Waals surface area (Å²) in [6, 6.07) is 8.24. The number of rotatable bonds is 6. The molecule has 8 nitrogen and oxygen atoms in total. The van der Waals surface area contributed by atoms with Crippen LogP contribution in [0.4, 0.5) is 5.69 Å². The van der Waals surface area contributed by atoms with Crippen molar-refractivity contribution >= 4 is 35.6 Å². The van der Waals surface area contributed by atoms with Crippen molar-refractivity contribution in [2.45, 2.75) is 26.9 Å². The summed E-state index contributed by atoms with van der Waals surface area (Å²) < 4.78 is 7.37. The van der Waals surface area contributed by atoms with E-state index in [-0.39, 0.29) is 24.0 Å². The van der Waals surface area contributed by atoms with Crippen LogP contribution in [0.1, 0.15) is 19.7 Å². The molecule has 3 rings (SSSR count). The molecule has 1 aliphatic heterocycles. The zero-order chi connectivity index (χ0) is 19.1. The second-order valence-electron chi connectivity index (χ2n) is 6.38. The van der Waals surface area contributed by atoms with E-state index >= 15 is 0 Å². The summed E-state index contributed by atoms with van der Waals surface area (Å²) in [7, 11) is 1.70. The van der Waals surface area contributed by atoms with Crippen molar-refractivity contribution in [1.29, 1.82) is 0 Å². The number of aryl methyl sites for hydroxylation is 1. The first kappa shape index (κ1) is 22.3. The lowest BCUT2D eigenvalue weighted by Gasteiger charge is -2.37. The molecule has 1 aliphatic rings. The van der Waals surface area contributed by atoms with Gasteiger partial charge < -0.3 is 24.4 Å². The Morgan fingerprint density at radius 2 is 2.00 bits per heavy atom. The zero-order valence-electron chi connectivity index (χ0n) is 16.8. The Bertz CT molecular complexity index is 756. The number of hydrogen-bond donors (Lipinski definition) is 1. The Kier molecular flexibility index (Phi) is 8.81. The molecule has 28 heavy (non-hydrogen) atoms. The molecule has 1 N–H and O–H groups in total. The Hall–Kier alpha value is -2.04. The van der Waals surface area contributed by atoms with Crippen molar-refractivity contribution in [2.24, 2.45) is 4.99 Å². The van der Waals surface area contributed by atoms with Gasteiger partial charge in [-0.25, -0.2) is 4.99 Å². The third-order valence-corrected chi connectivity index (χ3v) is 4.74. The molecule has 1 aromatic heterocycles. The molecule has 1 fully saturated rings. The van der Waals surface area contributed by atoms with Crippen molar-refractivity contribution in [3.63, 3.8) is 0 Å². The van der Waals surface area contributed by atoms with Gasteiger partial charge in [0.25, 0.3) is 0 Å². The molecule has 2 aromatic rings. The van der Waals surface area contributed by atoms with Crippen molar-refractivity contribution in [3.8, 4) is 5.75 Å². The normalized spacial score (nSPS) is 14.6. The van der Waals surface area contributed by atoms with E-state index in [1.165, 1.54) is 5.69 Å². The lowest BCUT2D eigenvalue weighted by Crippen LogP contribution is -2.52. The van der Waals surface area contributed by atoms with Gasteiger partial charge in [0.05, 0.1) is 7.11 Å². The Morgan fingerprint density at radius 1 is 1.21 bits per heavy atom. The summed E-state index contributed by atoms with van der Waals surface area (Å²) >= 11 is 0. The highest BCUT2D eigenvalue weighted by Gasteiger charge is 2.20. The van der Waals surface area contributed by atoms with E-state index in [0.29, 0.717) is 6.54 Å². The molecular weight excluding hydrogens is 469 g/mol. The molecule has 0 saturated carbocycles. The van der Waals surface area contributed by atoms with Crippen LogP contribution >= 0.6 is 24.0 Å². The molecule has 2 heterocycles. The summed E-state index contributed by atoms with van der Waals surface area (Å²) in [5.74, 6) is 2.72. The average Bonchev–Trinajstić information content (AvgIpc) is 3.19. The molecule has 0 aliphatic carbocycles. The number of methoxy groups -OCH3 is 1. The third kappa shape index (κ3) is 5.49. The third-order valence-electron chi connectivity index (χ3n) is 4.74. The number of piperazine rings is 1. The van der Waals surface area contributed by atoms with E-state index in [1.54, 1.807) is 13.4 Å². The van der Waals surface area contributed by atoms with E-state index in [9.17, 15) is 0 Å². The van der Waals surface area contributed by atoms with Gasteiger partial charge in [-0.2, -0.15) is 0 Å². The lowest BCUT2D eigenvalue weighted by molar-refractivity contribution is 0.371. The first-order valence-corrected chi connectivity index (χ1v) is 9.54. The summed E-state index contributed by atoms with van der Waals surface area (Å²) in [6.45, 7) is 10.1. The molecule has 0 atom stereocenters. The number of anilines is 1. The fourth-order valence-corrected chi connectivity index (χ4v) is 3.22. The van der Waals surface area contributed by atoms with Gasteiger partial charge in [-0.05, 0) is 26.0 Å². The van der Waals surface area contributed by atoms with E-state index in [2.05, 4.69) is 51.3 Å². The van der Waals surface area contributed by atoms with Crippen LogP contribution in [0.25, 0.3) is 0 Å². The van der Waals surface area contributed by atoms with Crippen LogP contribution in [0.2, 0.25) is 0 Å². The second-order valence-corrected chi connectivity index (χ2v) is 6.38. The number of guanidine groups is 1. The Morgan fingerprint density at radius 3 is 2.68 bits per heavy atom. The van der Waals surface area contributed by atoms with Gasteiger partial charge >= 0.3 is 0 Å². The van der Waals surface area contributed by atoms with E-state index < -0.39 is 0 Å². The predicted molar refractivity (Wildman–Crippen MR) is 123 cm³/mol. The number of aliphatic imine (C=N–C) groups is 1. The van der Waals surface area contributed by atoms with Gasteiger partial charge in [0.15, 0.2) is 11.8 Å². The first-order valence-electron chi connectivity index (χ1n) is 9.54. The molecule has 0 unspecified atom stereocenters. The number of nitrogens with one attached hydrogen (secondary N) is 1. The standard InChI is InChI=1S/C19H29N7O.HI/c1-4-20-19(21-14-18-23-22-15-24(18)5-2)26-11-9-25(10-12-26)16-7-6-8-17(13-16)27-3;/h6-8,13,15H,4-5,9-12,14H2,1-3H3,(H,20,21);1H. The van der Waals surface area contributed by atoms with Crippen LogP contribution in [0.5, 0.6) is 5.75 Å². The highest BCUT2D eigenvalue weighted by atomic mass is 127. The number of hydrogen-bond acceptors (Lipinski definition) is 5. The summed E-state index contributed by atoms with van der Waals surface area (Å²) in [5, 5.41) is 11.6. The van der Waals surface area contributed by atoms with Crippen LogP contribution in [0, 0.1) is 0 Å². The van der Waals surface area contributed by atoms with Gasteiger partial charge in [-0.3, -0.25) is 0 Å². The fraction of sp³-hybridized carbons (Fsp3) is 0.526. The van der Waals surface area contributed by atoms with Gasteiger partial charge in [0.1, 0.15) is 18.6 Å². The van der Waals surface area contributed by atoms with Crippen molar-refractivity contribution < 1.29 is 4.74 Å². The quantitative estimate of drug-likeness (QED) is 0.374. The Balaban J connectivity index is 0.00000280. The lowest BCUT2D eigenvalue weighted by atomic mass is 10.2. The number of aromatic nitrogens is 3. The molecule has 0 amide bonds. The van der Waals surface area contributed by atoms with Crippen LogP contribution in [-0.2, 0) is 13.1 Å². The van der Waals surface area contributed by atoms with E-state index in [0.717, 1.165) is 56.8 Å². The van der Waals surface area contributed by atoms with Crippen molar-refractivity contribution in [2.75, 3.05) is 44.7 Å². The summed E-state index contributed by atoms with van der Waals surface area (Å²) in [6.07, 6.45) is 1.75. The maximum absolute atomic E-state index is 5.34. The highest BCUT2D eigenvalue weighted by molar-refractivity contribution is 14.0. The molecule has 1 aromatic carbocycles. The summed E-state index contributed by atoms with van der Waals surface area (Å²) in [5.41, 5.74) is 1.20. The van der Waals surface area contributed by atoms with Crippen molar-refractivity contribution in [1.82, 2.24) is 25.0 Å². The fourth-order valence-electron chi connectivity index (χ4n) is 3.22. The SMILES string of the molecule is CCNC(=NCc1nncn1CC)N1CCN(c2cccc(OC)c2)CC1.I. The molecule has 154 valence electrons. The second kappa shape index (κ2) is 11.1. The number of nitrogens with zero attached hydrogens (tertiary/aromatic N) is 6. The van der Waals surface area contributed by atoms with Crippen LogP contribution < -0.4 is 15.0 Å². The maximum Gasteiger partial charge on any atom is 0.194 e. The molecule has 0 radical (unpaired) electrons. The predicted octanol–water partition coefficient (Wildman–Crippen LogP) is 2.21. The van der Waals surface area contributed by atoms with Gasteiger partial charge in [-0.1, -0.05) is 6.07 Å². The number of benzene rings is 1. The number of ether oxygens (including phenoxy) is 1. The largest absolute Gasteiger partial charge is 0.497 e. The van der Waals surface area contributed by atoms with Crippen molar-refractivity contribution in [3.05, 3.63) is 36.4 Å². The monoisotopic (exact) mass is 499 g/mol. The van der Waals surface area contributed by atoms with Crippen LogP contribution in [0.15, 0.2) is 35.6 Å². The van der Waals surface area contributed by atoms with E-state index in [1.807, 2.05) is 16.7 Å². The van der Waals surface area contributed by atoms with Gasteiger partial charge in [-0.15, -0.1) is 34.2 Å². The molecule has 9 heteroatoms.